The molecule has 0 aromatic heterocycles. The number of phenolic OH excluding ortho intramolecular Hbond substituents is 1. The third kappa shape index (κ3) is 2.15. The largest absolute Gasteiger partial charge is 0.507 e. The number of benzene rings is 5. The quantitative estimate of drug-likeness (QED) is 0.312. The van der Waals surface area contributed by atoms with Gasteiger partial charge >= 0.3 is 0 Å². The summed E-state index contributed by atoms with van der Waals surface area (Å²) in [5, 5.41) is 17.3. The highest BCUT2D eigenvalue weighted by Gasteiger charge is 2.10. The van der Waals surface area contributed by atoms with Gasteiger partial charge in [-0.15, -0.1) is 0 Å². The van der Waals surface area contributed by atoms with Crippen molar-refractivity contribution < 1.29 is 5.11 Å². The van der Waals surface area contributed by atoms with E-state index in [9.17, 15) is 5.11 Å². The smallest absolute Gasteiger partial charge is 0.124 e. The van der Waals surface area contributed by atoms with Crippen molar-refractivity contribution in [2.75, 3.05) is 0 Å². The topological polar surface area (TPSA) is 32.6 Å². The molecule has 0 heterocycles. The molecule has 0 radical (unpaired) electrons. The van der Waals surface area contributed by atoms with E-state index in [1.807, 2.05) is 24.3 Å². The molecule has 5 aromatic carbocycles. The van der Waals surface area contributed by atoms with Crippen LogP contribution in [0.2, 0.25) is 0 Å². The Morgan fingerprint density at radius 3 is 2.12 bits per heavy atom. The van der Waals surface area contributed by atoms with Gasteiger partial charge in [0.05, 0.1) is 5.69 Å². The van der Waals surface area contributed by atoms with Crippen LogP contribution >= 0.6 is 0 Å². The van der Waals surface area contributed by atoms with E-state index in [2.05, 4.69) is 53.5 Å². The number of phenols is 1. The summed E-state index contributed by atoms with van der Waals surface area (Å²) in [4.78, 5) is 4.66. The van der Waals surface area contributed by atoms with Crippen molar-refractivity contribution in [1.82, 2.24) is 0 Å². The van der Waals surface area contributed by atoms with Gasteiger partial charge in [-0.1, -0.05) is 60.7 Å². The molecule has 2 nitrogen and oxygen atoms in total. The van der Waals surface area contributed by atoms with Crippen LogP contribution in [0.1, 0.15) is 5.56 Å². The molecule has 0 atom stereocenters. The molecule has 1 N–H and O–H groups in total. The van der Waals surface area contributed by atoms with Gasteiger partial charge in [-0.2, -0.15) is 0 Å². The molecule has 118 valence electrons. The first-order valence-corrected chi connectivity index (χ1v) is 8.30. The lowest BCUT2D eigenvalue weighted by molar-refractivity contribution is 0.474. The summed E-state index contributed by atoms with van der Waals surface area (Å²) in [5.74, 6) is 0.240. The van der Waals surface area contributed by atoms with Crippen LogP contribution in [0.25, 0.3) is 32.3 Å². The lowest BCUT2D eigenvalue weighted by atomic mass is 9.93. The lowest BCUT2D eigenvalue weighted by Gasteiger charge is -2.12. The van der Waals surface area contributed by atoms with Crippen molar-refractivity contribution >= 4 is 44.2 Å². The molecule has 0 fully saturated rings. The number of rotatable bonds is 2. The fourth-order valence-corrected chi connectivity index (χ4v) is 3.57. The minimum atomic E-state index is 0.240. The molecule has 0 bridgehead atoms. The minimum Gasteiger partial charge on any atom is -0.507 e. The molecule has 25 heavy (non-hydrogen) atoms. The van der Waals surface area contributed by atoms with Crippen molar-refractivity contribution in [3.05, 3.63) is 84.4 Å². The van der Waals surface area contributed by atoms with E-state index in [4.69, 9.17) is 0 Å². The monoisotopic (exact) mass is 321 g/mol. The Morgan fingerprint density at radius 1 is 0.640 bits per heavy atom. The second kappa shape index (κ2) is 5.32. The van der Waals surface area contributed by atoms with Crippen molar-refractivity contribution in [3.8, 4) is 5.75 Å². The number of para-hydroxylation sites is 1. The Kier molecular flexibility index (Phi) is 2.98. The zero-order valence-corrected chi connectivity index (χ0v) is 13.5. The van der Waals surface area contributed by atoms with Gasteiger partial charge in [-0.25, -0.2) is 0 Å². The third-order valence-corrected chi connectivity index (χ3v) is 4.79. The average molecular weight is 321 g/mol. The second-order valence-electron chi connectivity index (χ2n) is 6.26. The van der Waals surface area contributed by atoms with Crippen molar-refractivity contribution in [3.63, 3.8) is 0 Å². The zero-order chi connectivity index (χ0) is 16.8. The Bertz CT molecular complexity index is 1240. The van der Waals surface area contributed by atoms with Gasteiger partial charge in [0.15, 0.2) is 0 Å². The molecule has 0 unspecified atom stereocenters. The van der Waals surface area contributed by atoms with Crippen LogP contribution in [0.15, 0.2) is 83.9 Å². The van der Waals surface area contributed by atoms with Crippen LogP contribution in [0, 0.1) is 0 Å². The van der Waals surface area contributed by atoms with E-state index < -0.39 is 0 Å². The van der Waals surface area contributed by atoms with Crippen LogP contribution in [0.5, 0.6) is 5.75 Å². The van der Waals surface area contributed by atoms with Gasteiger partial charge in [0.1, 0.15) is 5.75 Å². The first kappa shape index (κ1) is 14.0. The van der Waals surface area contributed by atoms with Crippen molar-refractivity contribution in [1.29, 1.82) is 0 Å². The number of hydrogen-bond donors (Lipinski definition) is 1. The van der Waals surface area contributed by atoms with Gasteiger partial charge in [-0.05, 0) is 45.1 Å². The van der Waals surface area contributed by atoms with E-state index in [-0.39, 0.29) is 5.75 Å². The Morgan fingerprint density at radius 2 is 1.32 bits per heavy atom. The van der Waals surface area contributed by atoms with E-state index in [0.717, 1.165) is 11.1 Å². The van der Waals surface area contributed by atoms with Crippen LogP contribution in [0.3, 0.4) is 0 Å². The Labute approximate surface area is 145 Å². The molecule has 0 aliphatic rings. The second-order valence-corrected chi connectivity index (χ2v) is 6.26. The summed E-state index contributed by atoms with van der Waals surface area (Å²) in [5.41, 5.74) is 1.63. The van der Waals surface area contributed by atoms with Gasteiger partial charge in [0, 0.05) is 17.2 Å². The van der Waals surface area contributed by atoms with Crippen molar-refractivity contribution in [2.45, 2.75) is 0 Å². The fraction of sp³-hybridized carbons (Fsp3) is 0. The molecule has 5 aromatic rings. The van der Waals surface area contributed by atoms with Crippen LogP contribution in [-0.2, 0) is 0 Å². The SMILES string of the molecule is Oc1ccccc1C=Nc1ccc2ccc3cccc4ccc1c2c34. The summed E-state index contributed by atoms with van der Waals surface area (Å²) < 4.78 is 0. The third-order valence-electron chi connectivity index (χ3n) is 4.79. The maximum atomic E-state index is 9.93. The van der Waals surface area contributed by atoms with E-state index >= 15 is 0 Å². The molecule has 2 heteroatoms. The molecule has 0 aliphatic carbocycles. The van der Waals surface area contributed by atoms with Gasteiger partial charge in [0.2, 0.25) is 0 Å². The van der Waals surface area contributed by atoms with Crippen LogP contribution < -0.4 is 0 Å². The van der Waals surface area contributed by atoms with E-state index in [1.165, 1.54) is 26.9 Å². The first-order valence-electron chi connectivity index (χ1n) is 8.30. The summed E-state index contributed by atoms with van der Waals surface area (Å²) in [7, 11) is 0. The maximum Gasteiger partial charge on any atom is 0.124 e. The first-order chi connectivity index (χ1) is 12.3. The highest BCUT2D eigenvalue weighted by molar-refractivity contribution is 6.25. The predicted octanol–water partition coefficient (Wildman–Crippen LogP) is 6.04. The highest BCUT2D eigenvalue weighted by atomic mass is 16.3. The Balaban J connectivity index is 1.78. The molecule has 0 amide bonds. The molecule has 5 rings (SSSR count). The van der Waals surface area contributed by atoms with Gasteiger partial charge in [0.25, 0.3) is 0 Å². The summed E-state index contributed by atoms with van der Waals surface area (Å²) in [6.07, 6.45) is 1.72. The highest BCUT2D eigenvalue weighted by Crippen LogP contribution is 2.38. The van der Waals surface area contributed by atoms with E-state index in [1.54, 1.807) is 12.3 Å². The lowest BCUT2D eigenvalue weighted by Crippen LogP contribution is -1.85. The molecular formula is C23H15NO. The van der Waals surface area contributed by atoms with Crippen LogP contribution in [-0.4, -0.2) is 11.3 Å². The van der Waals surface area contributed by atoms with Crippen LogP contribution in [0.4, 0.5) is 5.69 Å². The number of aromatic hydroxyl groups is 1. The average Bonchev–Trinajstić information content (AvgIpc) is 2.66. The zero-order valence-electron chi connectivity index (χ0n) is 13.5. The summed E-state index contributed by atoms with van der Waals surface area (Å²) in [6, 6.07) is 26.4. The molecule has 0 saturated carbocycles. The fourth-order valence-electron chi connectivity index (χ4n) is 3.57. The maximum absolute atomic E-state index is 9.93. The standard InChI is InChI=1S/C23H15NO/c25-21-7-2-1-4-18(21)14-24-20-13-11-17-9-8-15-5-3-6-16-10-12-19(20)23(17)22(15)16/h1-14,25H. The minimum absolute atomic E-state index is 0.240. The van der Waals surface area contributed by atoms with Gasteiger partial charge in [-0.3, -0.25) is 4.99 Å². The van der Waals surface area contributed by atoms with E-state index in [0.29, 0.717) is 5.56 Å². The summed E-state index contributed by atoms with van der Waals surface area (Å²) >= 11 is 0. The number of aliphatic imine (C=N–C) groups is 1. The Hall–Kier alpha value is -3.39. The van der Waals surface area contributed by atoms with Crippen molar-refractivity contribution in [2.24, 2.45) is 4.99 Å². The van der Waals surface area contributed by atoms with Gasteiger partial charge < -0.3 is 5.11 Å². The molecule has 0 saturated heterocycles. The molecule has 0 aliphatic heterocycles. The number of nitrogens with zero attached hydrogens (tertiary/aromatic N) is 1. The normalized spacial score (nSPS) is 12.0. The molecular weight excluding hydrogens is 306 g/mol. The summed E-state index contributed by atoms with van der Waals surface area (Å²) in [6.45, 7) is 0. The number of hydrogen-bond acceptors (Lipinski definition) is 2. The predicted molar refractivity (Wildman–Crippen MR) is 106 cm³/mol. The molecule has 0 spiro atoms.